The zero-order valence-electron chi connectivity index (χ0n) is 35.5. The zero-order valence-corrected chi connectivity index (χ0v) is 35.5. The van der Waals surface area contributed by atoms with Gasteiger partial charge < -0.3 is 97.5 Å². The van der Waals surface area contributed by atoms with Gasteiger partial charge in [0.15, 0.2) is 11.6 Å². The highest BCUT2D eigenvalue weighted by molar-refractivity contribution is 5.63. The maximum atomic E-state index is 12.2. The molecule has 4 aromatic rings. The zero-order chi connectivity index (χ0) is 48.3. The second-order valence-electron chi connectivity index (χ2n) is 13.3. The molecule has 0 radical (unpaired) electrons. The highest BCUT2D eigenvalue weighted by atomic mass is 19.4. The molecule has 62 heavy (non-hydrogen) atoms. The average molecular weight is 888 g/mol. The van der Waals surface area contributed by atoms with Crippen molar-refractivity contribution in [3.05, 3.63) is 90.0 Å². The lowest BCUT2D eigenvalue weighted by Crippen LogP contribution is -2.33. The van der Waals surface area contributed by atoms with E-state index in [0.717, 1.165) is 107 Å². The second-order valence-corrected chi connectivity index (χ2v) is 13.3. The van der Waals surface area contributed by atoms with Gasteiger partial charge in [-0.05, 0) is 132 Å². The number of nitrogen functional groups attached to an aromatic ring is 9. The van der Waals surface area contributed by atoms with Crippen LogP contribution in [-0.4, -0.2) is 51.4 Å². The summed E-state index contributed by atoms with van der Waals surface area (Å²) in [6, 6.07) is 17.6. The lowest BCUT2D eigenvalue weighted by atomic mass is 9.93. The molecule has 4 aromatic carbocycles. The molecule has 22 heteroatoms. The van der Waals surface area contributed by atoms with Crippen molar-refractivity contribution in [3.63, 3.8) is 0 Å². The Hall–Kier alpha value is -5.59. The Morgan fingerprint density at radius 1 is 0.387 bits per heavy atom. The summed E-state index contributed by atoms with van der Waals surface area (Å²) < 4.78 is 60.6. The molecular formula is C40H74F5N17. The van der Waals surface area contributed by atoms with Crippen LogP contribution < -0.4 is 97.5 Å². The van der Waals surface area contributed by atoms with Gasteiger partial charge in [-0.15, -0.1) is 0 Å². The normalized spacial score (nSPS) is 13.5. The number of hydrogen-bond donors (Lipinski definition) is 17. The molecule has 0 saturated heterocycles. The number of rotatable bonds is 6. The minimum Gasteiger partial charge on any atom is -0.399 e. The van der Waals surface area contributed by atoms with Crippen LogP contribution in [0.15, 0.2) is 72.8 Å². The number of alkyl halides is 3. The molecule has 1 aliphatic rings. The third-order valence-electron chi connectivity index (χ3n) is 7.42. The summed E-state index contributed by atoms with van der Waals surface area (Å²) in [4.78, 5) is 0. The monoisotopic (exact) mass is 888 g/mol. The Balaban J connectivity index is -0.000000655. The fourth-order valence-corrected chi connectivity index (χ4v) is 4.17. The number of benzene rings is 4. The topological polar surface area (TPSA) is 442 Å². The summed E-state index contributed by atoms with van der Waals surface area (Å²) in [5.41, 5.74) is 91.8. The molecule has 0 amide bonds. The quantitative estimate of drug-likeness (QED) is 0.0750. The van der Waals surface area contributed by atoms with Gasteiger partial charge in [0.25, 0.3) is 0 Å². The highest BCUT2D eigenvalue weighted by Crippen LogP contribution is 2.31. The Morgan fingerprint density at radius 2 is 0.645 bits per heavy atom. The van der Waals surface area contributed by atoms with E-state index in [4.69, 9.17) is 97.5 Å². The number of anilines is 9. The molecule has 1 fully saturated rings. The Bertz CT molecular complexity index is 1530. The first-order valence-electron chi connectivity index (χ1n) is 19.5. The van der Waals surface area contributed by atoms with E-state index in [-0.39, 0.29) is 22.7 Å². The Labute approximate surface area is 362 Å². The lowest BCUT2D eigenvalue weighted by molar-refractivity contribution is -0.137. The van der Waals surface area contributed by atoms with Gasteiger partial charge in [-0.3, -0.25) is 0 Å². The van der Waals surface area contributed by atoms with Crippen LogP contribution in [0.1, 0.15) is 50.5 Å². The average Bonchev–Trinajstić information content (AvgIpc) is 3.19. The minimum atomic E-state index is -4.39. The highest BCUT2D eigenvalue weighted by Gasteiger charge is 2.30. The van der Waals surface area contributed by atoms with Gasteiger partial charge >= 0.3 is 6.18 Å². The Kier molecular flexibility index (Phi) is 35.4. The van der Waals surface area contributed by atoms with E-state index in [1.54, 1.807) is 42.5 Å². The molecule has 34 N–H and O–H groups in total. The smallest absolute Gasteiger partial charge is 0.399 e. The molecule has 1 aliphatic carbocycles. The van der Waals surface area contributed by atoms with Gasteiger partial charge in [-0.1, -0.05) is 0 Å². The summed E-state index contributed by atoms with van der Waals surface area (Å²) >= 11 is 0. The number of hydrogen-bond acceptors (Lipinski definition) is 17. The van der Waals surface area contributed by atoms with Crippen molar-refractivity contribution in [2.24, 2.45) is 45.9 Å². The van der Waals surface area contributed by atoms with Crippen molar-refractivity contribution in [1.82, 2.24) is 0 Å². The summed E-state index contributed by atoms with van der Waals surface area (Å²) in [7, 11) is 0. The molecule has 354 valence electrons. The van der Waals surface area contributed by atoms with E-state index in [0.29, 0.717) is 42.2 Å². The molecule has 5 rings (SSSR count). The van der Waals surface area contributed by atoms with Crippen LogP contribution in [0.3, 0.4) is 0 Å². The van der Waals surface area contributed by atoms with Gasteiger partial charge in [0.2, 0.25) is 0 Å². The largest absolute Gasteiger partial charge is 0.416 e. The summed E-state index contributed by atoms with van der Waals surface area (Å²) in [6.07, 6.45) is 3.20. The van der Waals surface area contributed by atoms with Crippen LogP contribution in [-0.2, 0) is 6.18 Å². The SMILES string of the molecule is NC1CCC(N)CC1.NCCCCN.NCCCN.NCCN.Nc1cc(F)c(F)cc1N.Nc1cc(N)cc(C(F)(F)F)c1.Nc1cc(N)cc(N)c1.Nc1ccc(N)cc1. The maximum absolute atomic E-state index is 12.2. The molecular weight excluding hydrogens is 814 g/mol. The predicted molar refractivity (Wildman–Crippen MR) is 253 cm³/mol. The van der Waals surface area contributed by atoms with Gasteiger partial charge in [-0.25, -0.2) is 8.78 Å². The number of unbranched alkanes of at least 4 members (excludes halogenated alkanes) is 1. The first-order valence-corrected chi connectivity index (χ1v) is 19.5. The van der Waals surface area contributed by atoms with Crippen LogP contribution in [0.4, 0.5) is 73.1 Å². The van der Waals surface area contributed by atoms with E-state index >= 15 is 0 Å². The van der Waals surface area contributed by atoms with Crippen molar-refractivity contribution in [3.8, 4) is 0 Å². The van der Waals surface area contributed by atoms with Crippen LogP contribution in [0, 0.1) is 11.6 Å². The lowest BCUT2D eigenvalue weighted by Gasteiger charge is -2.22. The molecule has 0 aromatic heterocycles. The molecule has 0 spiro atoms. The van der Waals surface area contributed by atoms with Crippen LogP contribution in [0.25, 0.3) is 0 Å². The van der Waals surface area contributed by atoms with Gasteiger partial charge in [-0.2, -0.15) is 13.2 Å². The molecule has 0 heterocycles. The van der Waals surface area contributed by atoms with Crippen molar-refractivity contribution in [1.29, 1.82) is 0 Å². The molecule has 17 nitrogen and oxygen atoms in total. The fourth-order valence-electron chi connectivity index (χ4n) is 4.17. The van der Waals surface area contributed by atoms with E-state index in [9.17, 15) is 22.0 Å². The van der Waals surface area contributed by atoms with E-state index in [1.807, 2.05) is 0 Å². The van der Waals surface area contributed by atoms with Gasteiger partial charge in [0, 0.05) is 77.1 Å². The Morgan fingerprint density at radius 3 is 0.855 bits per heavy atom. The number of halogens is 5. The van der Waals surface area contributed by atoms with Crippen molar-refractivity contribution < 1.29 is 22.0 Å². The van der Waals surface area contributed by atoms with Crippen LogP contribution in [0.5, 0.6) is 0 Å². The maximum Gasteiger partial charge on any atom is 0.416 e. The number of nitrogens with two attached hydrogens (primary N) is 17. The van der Waals surface area contributed by atoms with Crippen molar-refractivity contribution >= 4 is 51.2 Å². The first kappa shape index (κ1) is 60.7. The van der Waals surface area contributed by atoms with E-state index < -0.39 is 23.4 Å². The first-order chi connectivity index (χ1) is 29.0. The standard InChI is InChI=1S/C7H7F3N2.C6H6F2N2.C6H9N3.C6H14N2.C6H8N2.C4H12N2.C3H10N2.C2H8N2/c8-7(9,10)4-1-5(11)3-6(12)2-4;7-3-1-5(9)6(10)2-4(3)8;7-4-1-5(8)3-6(9)2-4;2*7-5-1-2-6(8)4-3-5;5-3-1-2-4-6;4-2-1-3-5;3-1-2-4/h1-3H,11-12H2;1-2H,9-10H2;1-3H,7-9H2;5-6H,1-4,7-8H2;1-4H,7-8H2;1-6H2;1-5H2;1-4H2. The van der Waals surface area contributed by atoms with Crippen molar-refractivity contribution in [2.75, 3.05) is 90.9 Å². The molecule has 0 bridgehead atoms. The van der Waals surface area contributed by atoms with Gasteiger partial charge in [0.05, 0.1) is 16.9 Å². The van der Waals surface area contributed by atoms with Crippen LogP contribution >= 0.6 is 0 Å². The molecule has 0 atom stereocenters. The summed E-state index contributed by atoms with van der Waals surface area (Å²) in [6.45, 7) is 4.18. The fraction of sp³-hybridized carbons (Fsp3) is 0.400. The third kappa shape index (κ3) is 35.2. The van der Waals surface area contributed by atoms with Crippen LogP contribution in [0.2, 0.25) is 0 Å². The summed E-state index contributed by atoms with van der Waals surface area (Å²) in [5.74, 6) is -1.96. The molecule has 0 aliphatic heterocycles. The van der Waals surface area contributed by atoms with Crippen molar-refractivity contribution in [2.45, 2.75) is 63.2 Å². The summed E-state index contributed by atoms with van der Waals surface area (Å²) in [5, 5.41) is 0. The van der Waals surface area contributed by atoms with Gasteiger partial charge in [0.1, 0.15) is 0 Å². The van der Waals surface area contributed by atoms with E-state index in [2.05, 4.69) is 0 Å². The second kappa shape index (κ2) is 36.1. The minimum absolute atomic E-state index is 0.0160. The third-order valence-corrected chi connectivity index (χ3v) is 7.42. The molecule has 0 unspecified atom stereocenters. The molecule has 1 saturated carbocycles. The predicted octanol–water partition coefficient (Wildman–Crippen LogP) is 2.38. The van der Waals surface area contributed by atoms with E-state index in [1.165, 1.54) is 6.07 Å².